The zero-order valence-corrected chi connectivity index (χ0v) is 6.58. The second-order valence-corrected chi connectivity index (χ2v) is 2.87. The van der Waals surface area contributed by atoms with Crippen molar-refractivity contribution < 1.29 is 4.74 Å². The molecule has 1 aromatic rings. The number of ether oxygens (including phenoxy) is 1. The molecule has 0 radical (unpaired) electrons. The molecule has 1 aromatic heterocycles. The Morgan fingerprint density at radius 3 is 2.64 bits per heavy atom. The molecule has 58 valence electrons. The fraction of sp³-hybridized carbons (Fsp3) is 0.444. The molecule has 0 amide bonds. The first kappa shape index (κ1) is 6.80. The van der Waals surface area contributed by atoms with Crippen LogP contribution in [-0.2, 0) is 10.3 Å². The summed E-state index contributed by atoms with van der Waals surface area (Å²) in [6.45, 7) is 3.01. The van der Waals surface area contributed by atoms with Crippen molar-refractivity contribution in [1.29, 1.82) is 0 Å². The van der Waals surface area contributed by atoms with E-state index in [-0.39, 0.29) is 5.60 Å². The molecule has 2 heterocycles. The van der Waals surface area contributed by atoms with E-state index >= 15 is 0 Å². The van der Waals surface area contributed by atoms with E-state index in [0.717, 1.165) is 13.0 Å². The molecular formula is C9H11NO. The first-order valence-corrected chi connectivity index (χ1v) is 3.92. The highest BCUT2D eigenvalue weighted by Crippen LogP contribution is 2.41. The van der Waals surface area contributed by atoms with Gasteiger partial charge in [-0.15, -0.1) is 0 Å². The molecule has 0 unspecified atom stereocenters. The molecule has 1 aliphatic rings. The Kier molecular flexibility index (Phi) is 1.43. The Labute approximate surface area is 66.2 Å². The highest BCUT2D eigenvalue weighted by atomic mass is 16.6. The molecule has 0 saturated carbocycles. The van der Waals surface area contributed by atoms with Crippen molar-refractivity contribution in [3.05, 3.63) is 30.1 Å². The minimum Gasteiger partial charge on any atom is -0.365 e. The molecule has 2 rings (SSSR count). The minimum atomic E-state index is 0.0446. The van der Waals surface area contributed by atoms with Crippen molar-refractivity contribution in [2.75, 3.05) is 6.61 Å². The Hall–Kier alpha value is -0.890. The van der Waals surface area contributed by atoms with Crippen LogP contribution in [0.15, 0.2) is 24.5 Å². The fourth-order valence-electron chi connectivity index (χ4n) is 1.32. The first-order chi connectivity index (χ1) is 5.37. The minimum absolute atomic E-state index is 0.0446. The van der Waals surface area contributed by atoms with Crippen LogP contribution in [-0.4, -0.2) is 11.6 Å². The maximum absolute atomic E-state index is 5.40. The van der Waals surface area contributed by atoms with Gasteiger partial charge in [0.15, 0.2) is 0 Å². The van der Waals surface area contributed by atoms with Crippen LogP contribution in [0, 0.1) is 0 Å². The van der Waals surface area contributed by atoms with Gasteiger partial charge in [0.2, 0.25) is 0 Å². The quantitative estimate of drug-likeness (QED) is 0.598. The van der Waals surface area contributed by atoms with E-state index < -0.39 is 0 Å². The second-order valence-electron chi connectivity index (χ2n) is 2.87. The third-order valence-electron chi connectivity index (χ3n) is 2.27. The summed E-state index contributed by atoms with van der Waals surface area (Å²) in [5.41, 5.74) is 1.30. The zero-order chi connectivity index (χ0) is 7.73. The molecular weight excluding hydrogens is 138 g/mol. The number of rotatable bonds is 2. The van der Waals surface area contributed by atoms with Crippen LogP contribution >= 0.6 is 0 Å². The summed E-state index contributed by atoms with van der Waals surface area (Å²) in [6, 6.07) is 4.05. The highest BCUT2D eigenvalue weighted by molar-refractivity contribution is 5.23. The molecule has 0 aromatic carbocycles. The normalized spacial score (nSPS) is 28.5. The fourth-order valence-corrected chi connectivity index (χ4v) is 1.32. The average molecular weight is 149 g/mol. The molecule has 0 aliphatic carbocycles. The van der Waals surface area contributed by atoms with Gasteiger partial charge >= 0.3 is 0 Å². The van der Waals surface area contributed by atoms with Crippen LogP contribution in [0.2, 0.25) is 0 Å². The Balaban J connectivity index is 2.30. The van der Waals surface area contributed by atoms with Gasteiger partial charge in [-0.05, 0) is 24.1 Å². The topological polar surface area (TPSA) is 25.4 Å². The average Bonchev–Trinajstić information content (AvgIpc) is 2.86. The maximum Gasteiger partial charge on any atom is 0.116 e. The number of pyridine rings is 1. The number of aromatic nitrogens is 1. The summed E-state index contributed by atoms with van der Waals surface area (Å²) in [7, 11) is 0. The van der Waals surface area contributed by atoms with E-state index in [4.69, 9.17) is 4.74 Å². The number of hydrogen-bond donors (Lipinski definition) is 0. The van der Waals surface area contributed by atoms with Gasteiger partial charge in [-0.3, -0.25) is 4.98 Å². The van der Waals surface area contributed by atoms with Crippen molar-refractivity contribution in [1.82, 2.24) is 4.98 Å². The van der Waals surface area contributed by atoms with E-state index in [2.05, 4.69) is 11.9 Å². The molecule has 0 bridgehead atoms. The van der Waals surface area contributed by atoms with Gasteiger partial charge in [0.25, 0.3) is 0 Å². The van der Waals surface area contributed by atoms with Crippen LogP contribution in [0.4, 0.5) is 0 Å². The predicted octanol–water partition coefficient (Wildman–Crippen LogP) is 1.72. The lowest BCUT2D eigenvalue weighted by atomic mass is 9.99. The van der Waals surface area contributed by atoms with E-state index in [0.29, 0.717) is 0 Å². The molecule has 1 fully saturated rings. The van der Waals surface area contributed by atoms with Gasteiger partial charge in [-0.1, -0.05) is 6.92 Å². The molecule has 0 spiro atoms. The smallest absolute Gasteiger partial charge is 0.116 e. The van der Waals surface area contributed by atoms with Gasteiger partial charge in [-0.2, -0.15) is 0 Å². The summed E-state index contributed by atoms with van der Waals surface area (Å²) < 4.78 is 5.40. The molecule has 11 heavy (non-hydrogen) atoms. The summed E-state index contributed by atoms with van der Waals surface area (Å²) >= 11 is 0. The van der Waals surface area contributed by atoms with Gasteiger partial charge in [-0.25, -0.2) is 0 Å². The Morgan fingerprint density at radius 2 is 2.18 bits per heavy atom. The van der Waals surface area contributed by atoms with E-state index in [1.807, 2.05) is 24.5 Å². The number of epoxide rings is 1. The molecule has 1 atom stereocenters. The van der Waals surface area contributed by atoms with Crippen LogP contribution in [0.25, 0.3) is 0 Å². The Morgan fingerprint density at radius 1 is 1.55 bits per heavy atom. The van der Waals surface area contributed by atoms with Crippen molar-refractivity contribution >= 4 is 0 Å². The summed E-state index contributed by atoms with van der Waals surface area (Å²) in [4.78, 5) is 3.97. The van der Waals surface area contributed by atoms with Crippen molar-refractivity contribution in [3.63, 3.8) is 0 Å². The molecule has 2 nitrogen and oxygen atoms in total. The standard InChI is InChI=1S/C9H11NO/c1-2-9(7-11-9)8-3-5-10-6-4-8/h3-6H,2,7H2,1H3/t9-/m0/s1. The van der Waals surface area contributed by atoms with E-state index in [1.54, 1.807) is 0 Å². The summed E-state index contributed by atoms with van der Waals surface area (Å²) in [5, 5.41) is 0. The van der Waals surface area contributed by atoms with Crippen LogP contribution in [0.1, 0.15) is 18.9 Å². The molecule has 0 N–H and O–H groups in total. The lowest BCUT2D eigenvalue weighted by Crippen LogP contribution is -2.05. The van der Waals surface area contributed by atoms with Gasteiger partial charge in [0, 0.05) is 12.4 Å². The summed E-state index contributed by atoms with van der Waals surface area (Å²) in [6.07, 6.45) is 4.68. The third-order valence-corrected chi connectivity index (χ3v) is 2.27. The van der Waals surface area contributed by atoms with Crippen molar-refractivity contribution in [2.45, 2.75) is 18.9 Å². The number of hydrogen-bond acceptors (Lipinski definition) is 2. The molecule has 1 saturated heterocycles. The van der Waals surface area contributed by atoms with Gasteiger partial charge in [0.1, 0.15) is 5.60 Å². The van der Waals surface area contributed by atoms with Crippen LogP contribution in [0.3, 0.4) is 0 Å². The highest BCUT2D eigenvalue weighted by Gasteiger charge is 2.44. The second kappa shape index (κ2) is 2.31. The van der Waals surface area contributed by atoms with Crippen LogP contribution in [0.5, 0.6) is 0 Å². The predicted molar refractivity (Wildman–Crippen MR) is 42.2 cm³/mol. The molecule has 1 aliphatic heterocycles. The maximum atomic E-state index is 5.40. The third kappa shape index (κ3) is 1.03. The van der Waals surface area contributed by atoms with E-state index in [1.165, 1.54) is 5.56 Å². The SMILES string of the molecule is CC[C@@]1(c2ccncc2)CO1. The number of nitrogens with zero attached hydrogens (tertiary/aromatic N) is 1. The summed E-state index contributed by atoms with van der Waals surface area (Å²) in [5.74, 6) is 0. The zero-order valence-electron chi connectivity index (χ0n) is 6.58. The van der Waals surface area contributed by atoms with Crippen molar-refractivity contribution in [3.8, 4) is 0 Å². The van der Waals surface area contributed by atoms with Gasteiger partial charge in [0.05, 0.1) is 6.61 Å². The monoisotopic (exact) mass is 149 g/mol. The van der Waals surface area contributed by atoms with Crippen molar-refractivity contribution in [2.24, 2.45) is 0 Å². The lowest BCUT2D eigenvalue weighted by Gasteiger charge is -2.07. The Bertz CT molecular complexity index is 241. The lowest BCUT2D eigenvalue weighted by molar-refractivity contribution is 0.301. The largest absolute Gasteiger partial charge is 0.365 e. The van der Waals surface area contributed by atoms with Crippen LogP contribution < -0.4 is 0 Å². The molecule has 2 heteroatoms. The first-order valence-electron chi connectivity index (χ1n) is 3.92. The van der Waals surface area contributed by atoms with Gasteiger partial charge < -0.3 is 4.74 Å². The van der Waals surface area contributed by atoms with E-state index in [9.17, 15) is 0 Å².